The maximum Gasteiger partial charge on any atom is 0.344 e. The molecule has 9 heteroatoms. The Labute approximate surface area is 192 Å². The Hall–Kier alpha value is -3.10. The minimum absolute atomic E-state index is 0.0951. The molecule has 4 amide bonds. The molecule has 2 saturated heterocycles. The second-order valence-corrected chi connectivity index (χ2v) is 8.35. The minimum Gasteiger partial charge on any atom is -0.368 e. The van der Waals surface area contributed by atoms with Gasteiger partial charge in [0.25, 0.3) is 11.8 Å². The van der Waals surface area contributed by atoms with E-state index in [9.17, 15) is 14.4 Å². The molecule has 0 aliphatic carbocycles. The number of nitrogens with zero attached hydrogens (tertiary/aromatic N) is 3. The number of anilines is 1. The first kappa shape index (κ1) is 22.1. The van der Waals surface area contributed by atoms with E-state index in [4.69, 9.17) is 11.6 Å². The van der Waals surface area contributed by atoms with Gasteiger partial charge >= 0.3 is 6.03 Å². The Kier molecular flexibility index (Phi) is 6.34. The standard InChI is InChI=1S/C23H26ClN5O3/c1-2-23(17-8-4-3-5-9-17)21(31)29(22(32)25-23)26-20(30)16-27-12-14-28(15-13-27)19-11-7-6-10-18(19)24/h3-11H,2,12-16H2,1H3,(H,25,32)(H,26,30). The number of urea groups is 1. The molecule has 2 N–H and O–H groups in total. The zero-order valence-corrected chi connectivity index (χ0v) is 18.6. The molecule has 1 atom stereocenters. The van der Waals surface area contributed by atoms with E-state index in [0.29, 0.717) is 30.1 Å². The van der Waals surface area contributed by atoms with Gasteiger partial charge in [-0.25, -0.2) is 4.79 Å². The number of hydrogen-bond acceptors (Lipinski definition) is 5. The number of nitrogens with one attached hydrogen (secondary N) is 2. The molecule has 2 fully saturated rings. The van der Waals surface area contributed by atoms with Crippen LogP contribution in [0, 0.1) is 0 Å². The smallest absolute Gasteiger partial charge is 0.344 e. The van der Waals surface area contributed by atoms with Crippen molar-refractivity contribution in [2.75, 3.05) is 37.6 Å². The molecule has 2 aliphatic rings. The number of hydrogen-bond donors (Lipinski definition) is 2. The number of imide groups is 1. The lowest BCUT2D eigenvalue weighted by molar-refractivity contribution is -0.139. The van der Waals surface area contributed by atoms with Crippen LogP contribution in [0.5, 0.6) is 0 Å². The fourth-order valence-corrected chi connectivity index (χ4v) is 4.51. The van der Waals surface area contributed by atoms with Crippen LogP contribution >= 0.6 is 11.6 Å². The molecule has 168 valence electrons. The Morgan fingerprint density at radius 1 is 1.03 bits per heavy atom. The second kappa shape index (κ2) is 9.18. The van der Waals surface area contributed by atoms with E-state index < -0.39 is 23.4 Å². The third-order valence-electron chi connectivity index (χ3n) is 6.06. The van der Waals surface area contributed by atoms with Crippen LogP contribution < -0.4 is 15.6 Å². The zero-order chi connectivity index (χ0) is 22.7. The summed E-state index contributed by atoms with van der Waals surface area (Å²) in [4.78, 5) is 42.5. The summed E-state index contributed by atoms with van der Waals surface area (Å²) in [6, 6.07) is 16.1. The van der Waals surface area contributed by atoms with Gasteiger partial charge in [-0.3, -0.25) is 19.9 Å². The van der Waals surface area contributed by atoms with Gasteiger partial charge in [0.15, 0.2) is 0 Å². The lowest BCUT2D eigenvalue weighted by Crippen LogP contribution is -2.54. The average molecular weight is 456 g/mol. The Balaban J connectivity index is 1.35. The van der Waals surface area contributed by atoms with Crippen molar-refractivity contribution in [2.24, 2.45) is 0 Å². The molecular formula is C23H26ClN5O3. The molecule has 0 radical (unpaired) electrons. The third kappa shape index (κ3) is 4.16. The van der Waals surface area contributed by atoms with Gasteiger partial charge in [-0.05, 0) is 24.1 Å². The first-order chi connectivity index (χ1) is 15.4. The van der Waals surface area contributed by atoms with Crippen molar-refractivity contribution in [1.82, 2.24) is 20.7 Å². The normalized spacial score (nSPS) is 21.6. The van der Waals surface area contributed by atoms with Crippen LogP contribution in [0.25, 0.3) is 0 Å². The molecule has 4 rings (SSSR count). The molecule has 2 aliphatic heterocycles. The van der Waals surface area contributed by atoms with Gasteiger partial charge in [0.2, 0.25) is 0 Å². The number of rotatable bonds is 6. The zero-order valence-electron chi connectivity index (χ0n) is 17.9. The van der Waals surface area contributed by atoms with Crippen molar-refractivity contribution < 1.29 is 14.4 Å². The van der Waals surface area contributed by atoms with Crippen LogP contribution in [-0.2, 0) is 15.1 Å². The molecule has 2 aromatic rings. The summed E-state index contributed by atoms with van der Waals surface area (Å²) in [6.07, 6.45) is 0.373. The van der Waals surface area contributed by atoms with Crippen LogP contribution in [0.2, 0.25) is 5.02 Å². The van der Waals surface area contributed by atoms with E-state index in [0.717, 1.165) is 23.8 Å². The van der Waals surface area contributed by atoms with Crippen LogP contribution in [0.15, 0.2) is 54.6 Å². The Morgan fingerprint density at radius 3 is 2.34 bits per heavy atom. The van der Waals surface area contributed by atoms with Crippen molar-refractivity contribution in [2.45, 2.75) is 18.9 Å². The fourth-order valence-electron chi connectivity index (χ4n) is 4.26. The molecule has 1 unspecified atom stereocenters. The van der Waals surface area contributed by atoms with Gasteiger partial charge in [-0.15, -0.1) is 0 Å². The fraction of sp³-hybridized carbons (Fsp3) is 0.348. The van der Waals surface area contributed by atoms with E-state index >= 15 is 0 Å². The Bertz CT molecular complexity index is 1010. The van der Waals surface area contributed by atoms with Crippen molar-refractivity contribution in [3.63, 3.8) is 0 Å². The highest BCUT2D eigenvalue weighted by Gasteiger charge is 2.52. The van der Waals surface area contributed by atoms with Crippen molar-refractivity contribution in [3.05, 3.63) is 65.2 Å². The van der Waals surface area contributed by atoms with Gasteiger partial charge in [0, 0.05) is 26.2 Å². The summed E-state index contributed by atoms with van der Waals surface area (Å²) in [6.45, 7) is 4.72. The van der Waals surface area contributed by atoms with Gasteiger partial charge in [0.05, 0.1) is 17.3 Å². The van der Waals surface area contributed by atoms with Crippen LogP contribution in [0.1, 0.15) is 18.9 Å². The maximum absolute atomic E-state index is 13.1. The van der Waals surface area contributed by atoms with Crippen molar-refractivity contribution in [3.8, 4) is 0 Å². The van der Waals surface area contributed by atoms with Crippen molar-refractivity contribution in [1.29, 1.82) is 0 Å². The monoisotopic (exact) mass is 455 g/mol. The summed E-state index contributed by atoms with van der Waals surface area (Å²) in [5, 5.41) is 4.27. The number of carbonyl (C=O) groups excluding carboxylic acids is 3. The highest BCUT2D eigenvalue weighted by Crippen LogP contribution is 2.31. The topological polar surface area (TPSA) is 85.0 Å². The van der Waals surface area contributed by atoms with Gasteiger partial charge in [0.1, 0.15) is 5.54 Å². The molecule has 32 heavy (non-hydrogen) atoms. The molecule has 2 aromatic carbocycles. The largest absolute Gasteiger partial charge is 0.368 e. The third-order valence-corrected chi connectivity index (χ3v) is 6.38. The summed E-state index contributed by atoms with van der Waals surface area (Å²) >= 11 is 6.29. The number of amides is 4. The lowest BCUT2D eigenvalue weighted by atomic mass is 9.87. The van der Waals surface area contributed by atoms with E-state index in [1.807, 2.05) is 54.3 Å². The lowest BCUT2D eigenvalue weighted by Gasteiger charge is -2.36. The average Bonchev–Trinajstić information content (AvgIpc) is 3.06. The predicted molar refractivity (Wildman–Crippen MR) is 122 cm³/mol. The SMILES string of the molecule is CCC1(c2ccccc2)NC(=O)N(NC(=O)CN2CCN(c3ccccc3Cl)CC2)C1=O. The predicted octanol–water partition coefficient (Wildman–Crippen LogP) is 2.35. The van der Waals surface area contributed by atoms with Crippen molar-refractivity contribution >= 4 is 35.1 Å². The van der Waals surface area contributed by atoms with Crippen LogP contribution in [0.4, 0.5) is 10.5 Å². The molecule has 2 heterocycles. The second-order valence-electron chi connectivity index (χ2n) is 7.95. The highest BCUT2D eigenvalue weighted by atomic mass is 35.5. The van der Waals surface area contributed by atoms with E-state index in [1.165, 1.54) is 0 Å². The summed E-state index contributed by atoms with van der Waals surface area (Å²) < 4.78 is 0. The van der Waals surface area contributed by atoms with Crippen LogP contribution in [-0.4, -0.2) is 60.5 Å². The quantitative estimate of drug-likeness (QED) is 0.653. The van der Waals surface area contributed by atoms with E-state index in [2.05, 4.69) is 15.6 Å². The van der Waals surface area contributed by atoms with Gasteiger partial charge in [-0.2, -0.15) is 5.01 Å². The van der Waals surface area contributed by atoms with Gasteiger partial charge in [-0.1, -0.05) is 61.0 Å². The first-order valence-electron chi connectivity index (χ1n) is 10.7. The van der Waals surface area contributed by atoms with E-state index in [-0.39, 0.29) is 6.54 Å². The number of hydrazine groups is 1. The number of piperazine rings is 1. The van der Waals surface area contributed by atoms with E-state index in [1.54, 1.807) is 12.1 Å². The highest BCUT2D eigenvalue weighted by molar-refractivity contribution is 6.33. The Morgan fingerprint density at radius 2 is 1.69 bits per heavy atom. The molecule has 8 nitrogen and oxygen atoms in total. The molecular weight excluding hydrogens is 430 g/mol. The minimum atomic E-state index is -1.17. The van der Waals surface area contributed by atoms with Gasteiger partial charge < -0.3 is 10.2 Å². The molecule has 0 bridgehead atoms. The first-order valence-corrected chi connectivity index (χ1v) is 11.1. The number of carbonyl (C=O) groups is 3. The number of benzene rings is 2. The van der Waals surface area contributed by atoms with Crippen LogP contribution in [0.3, 0.4) is 0 Å². The molecule has 0 aromatic heterocycles. The summed E-state index contributed by atoms with van der Waals surface area (Å²) in [7, 11) is 0. The summed E-state index contributed by atoms with van der Waals surface area (Å²) in [5.74, 6) is -0.882. The number of halogens is 1. The number of para-hydroxylation sites is 1. The summed E-state index contributed by atoms with van der Waals surface area (Å²) in [5.41, 5.74) is 2.99. The maximum atomic E-state index is 13.1. The molecule has 0 spiro atoms. The molecule has 0 saturated carbocycles.